The minimum atomic E-state index is 0.759. The highest BCUT2D eigenvalue weighted by atomic mass is 16.5. The quantitative estimate of drug-likeness (QED) is 0.740. The molecule has 80 valence electrons. The van der Waals surface area contributed by atoms with E-state index >= 15 is 0 Å². The average Bonchev–Trinajstić information content (AvgIpc) is 3.08. The van der Waals surface area contributed by atoms with Gasteiger partial charge in [-0.2, -0.15) is 0 Å². The highest BCUT2D eigenvalue weighted by molar-refractivity contribution is 4.97. The van der Waals surface area contributed by atoms with Gasteiger partial charge in [-0.3, -0.25) is 0 Å². The Morgan fingerprint density at radius 1 is 0.857 bits per heavy atom. The van der Waals surface area contributed by atoms with Gasteiger partial charge in [0.05, 0.1) is 0 Å². The summed E-state index contributed by atoms with van der Waals surface area (Å²) in [5.74, 6) is 2.07. The van der Waals surface area contributed by atoms with E-state index < -0.39 is 0 Å². The first-order valence-electron chi connectivity index (χ1n) is 6.27. The van der Waals surface area contributed by atoms with Crippen molar-refractivity contribution in [3.05, 3.63) is 0 Å². The third-order valence-electron chi connectivity index (χ3n) is 3.91. The summed E-state index contributed by atoms with van der Waals surface area (Å²) in [6.07, 6.45) is 8.40. The van der Waals surface area contributed by atoms with Crippen LogP contribution in [0.15, 0.2) is 0 Å². The molecule has 2 aliphatic carbocycles. The normalized spacial score (nSPS) is 29.8. The summed E-state index contributed by atoms with van der Waals surface area (Å²) in [5, 5.41) is 3.90. The molecule has 3 aliphatic rings. The second-order valence-electron chi connectivity index (χ2n) is 5.25. The fourth-order valence-electron chi connectivity index (χ4n) is 2.70. The molecule has 14 heavy (non-hydrogen) atoms. The van der Waals surface area contributed by atoms with E-state index in [9.17, 15) is 0 Å². The van der Waals surface area contributed by atoms with Gasteiger partial charge in [-0.25, -0.2) is 0 Å². The van der Waals surface area contributed by atoms with Gasteiger partial charge in [0.25, 0.3) is 0 Å². The Balaban J connectivity index is 1.52. The average molecular weight is 195 g/mol. The largest absolute Gasteiger partial charge is 0.381 e. The third kappa shape index (κ3) is 2.12. The highest BCUT2D eigenvalue weighted by Gasteiger charge is 2.42. The van der Waals surface area contributed by atoms with Crippen molar-refractivity contribution < 1.29 is 4.74 Å². The van der Waals surface area contributed by atoms with Crippen molar-refractivity contribution in [1.82, 2.24) is 5.32 Å². The van der Waals surface area contributed by atoms with Gasteiger partial charge in [0.1, 0.15) is 0 Å². The van der Waals surface area contributed by atoms with Gasteiger partial charge in [0.2, 0.25) is 0 Å². The van der Waals surface area contributed by atoms with Crippen LogP contribution in [0.3, 0.4) is 0 Å². The van der Waals surface area contributed by atoms with Crippen molar-refractivity contribution in [2.24, 2.45) is 11.8 Å². The number of nitrogens with one attached hydrogen (secondary N) is 1. The van der Waals surface area contributed by atoms with E-state index in [0.717, 1.165) is 37.1 Å². The second-order valence-corrected chi connectivity index (χ2v) is 5.25. The molecule has 2 heteroatoms. The summed E-state index contributed by atoms with van der Waals surface area (Å²) in [5.41, 5.74) is 0. The first-order chi connectivity index (χ1) is 6.93. The summed E-state index contributed by atoms with van der Waals surface area (Å²) in [6.45, 7) is 1.94. The summed E-state index contributed by atoms with van der Waals surface area (Å²) >= 11 is 0. The maximum Gasteiger partial charge on any atom is 0.0480 e. The van der Waals surface area contributed by atoms with Crippen LogP contribution in [0, 0.1) is 11.8 Å². The molecule has 1 N–H and O–H groups in total. The Labute approximate surface area is 86.4 Å². The summed E-state index contributed by atoms with van der Waals surface area (Å²) in [7, 11) is 0. The molecule has 1 saturated heterocycles. The topological polar surface area (TPSA) is 21.3 Å². The maximum atomic E-state index is 5.39. The minimum Gasteiger partial charge on any atom is -0.381 e. The van der Waals surface area contributed by atoms with E-state index in [2.05, 4.69) is 5.32 Å². The summed E-state index contributed by atoms with van der Waals surface area (Å²) < 4.78 is 5.39. The number of ether oxygens (including phenoxy) is 1. The van der Waals surface area contributed by atoms with Crippen LogP contribution in [0.25, 0.3) is 0 Å². The minimum absolute atomic E-state index is 0.759. The van der Waals surface area contributed by atoms with Gasteiger partial charge in [-0.15, -0.1) is 0 Å². The van der Waals surface area contributed by atoms with Crippen molar-refractivity contribution >= 4 is 0 Å². The Bertz CT molecular complexity index is 180. The van der Waals surface area contributed by atoms with Gasteiger partial charge >= 0.3 is 0 Å². The van der Waals surface area contributed by atoms with Crippen LogP contribution in [0.4, 0.5) is 0 Å². The lowest BCUT2D eigenvalue weighted by molar-refractivity contribution is 0.0729. The molecule has 3 rings (SSSR count). The SMILES string of the molecule is C1CC(NC(C2CC2)C2CC2)CCO1. The molecule has 1 heterocycles. The zero-order chi connectivity index (χ0) is 9.38. The van der Waals surface area contributed by atoms with Gasteiger partial charge in [-0.1, -0.05) is 0 Å². The van der Waals surface area contributed by atoms with Crippen LogP contribution in [-0.2, 0) is 4.74 Å². The van der Waals surface area contributed by atoms with Crippen molar-refractivity contribution in [3.63, 3.8) is 0 Å². The first-order valence-corrected chi connectivity index (χ1v) is 6.27. The van der Waals surface area contributed by atoms with Crippen LogP contribution in [0.5, 0.6) is 0 Å². The van der Waals surface area contributed by atoms with Gasteiger partial charge in [0.15, 0.2) is 0 Å². The van der Waals surface area contributed by atoms with Crippen molar-refractivity contribution in [3.8, 4) is 0 Å². The molecule has 0 aromatic carbocycles. The lowest BCUT2D eigenvalue weighted by Crippen LogP contribution is -2.43. The van der Waals surface area contributed by atoms with E-state index in [1.807, 2.05) is 0 Å². The Morgan fingerprint density at radius 3 is 1.93 bits per heavy atom. The van der Waals surface area contributed by atoms with E-state index in [4.69, 9.17) is 4.74 Å². The Kier molecular flexibility index (Phi) is 2.50. The van der Waals surface area contributed by atoms with E-state index in [1.54, 1.807) is 0 Å². The van der Waals surface area contributed by atoms with Crippen molar-refractivity contribution in [2.75, 3.05) is 13.2 Å². The molecule has 0 unspecified atom stereocenters. The molecule has 0 aromatic heterocycles. The lowest BCUT2D eigenvalue weighted by atomic mass is 10.0. The number of rotatable bonds is 4. The van der Waals surface area contributed by atoms with E-state index in [0.29, 0.717) is 0 Å². The Hall–Kier alpha value is -0.0800. The second kappa shape index (κ2) is 3.82. The van der Waals surface area contributed by atoms with Crippen LogP contribution >= 0.6 is 0 Å². The molecule has 2 nitrogen and oxygen atoms in total. The van der Waals surface area contributed by atoms with E-state index in [-0.39, 0.29) is 0 Å². The first kappa shape index (κ1) is 9.17. The van der Waals surface area contributed by atoms with Crippen LogP contribution < -0.4 is 5.32 Å². The van der Waals surface area contributed by atoms with Gasteiger partial charge < -0.3 is 10.1 Å². The Morgan fingerprint density at radius 2 is 1.43 bits per heavy atom. The fraction of sp³-hybridized carbons (Fsp3) is 1.00. The highest BCUT2D eigenvalue weighted by Crippen LogP contribution is 2.44. The molecule has 0 atom stereocenters. The van der Waals surface area contributed by atoms with E-state index in [1.165, 1.54) is 38.5 Å². The zero-order valence-corrected chi connectivity index (χ0v) is 8.87. The predicted molar refractivity (Wildman–Crippen MR) is 56.2 cm³/mol. The summed E-state index contributed by atoms with van der Waals surface area (Å²) in [6, 6.07) is 1.63. The predicted octanol–water partition coefficient (Wildman–Crippen LogP) is 1.94. The molecule has 0 bridgehead atoms. The maximum absolute atomic E-state index is 5.39. The molecule has 0 spiro atoms. The third-order valence-corrected chi connectivity index (χ3v) is 3.91. The van der Waals surface area contributed by atoms with Crippen molar-refractivity contribution in [1.29, 1.82) is 0 Å². The zero-order valence-electron chi connectivity index (χ0n) is 8.87. The molecular formula is C12H21NO. The van der Waals surface area contributed by atoms with Crippen LogP contribution in [0.1, 0.15) is 38.5 Å². The molecular weight excluding hydrogens is 174 g/mol. The van der Waals surface area contributed by atoms with Crippen LogP contribution in [-0.4, -0.2) is 25.3 Å². The van der Waals surface area contributed by atoms with Crippen molar-refractivity contribution in [2.45, 2.75) is 50.6 Å². The molecule has 0 aromatic rings. The molecule has 0 amide bonds. The summed E-state index contributed by atoms with van der Waals surface area (Å²) in [4.78, 5) is 0. The standard InChI is InChI=1S/C12H21NO/c1-2-9(1)12(10-3-4-10)13-11-5-7-14-8-6-11/h9-13H,1-8H2. The molecule has 0 radical (unpaired) electrons. The number of hydrogen-bond acceptors (Lipinski definition) is 2. The molecule has 2 saturated carbocycles. The molecule has 1 aliphatic heterocycles. The fourth-order valence-corrected chi connectivity index (χ4v) is 2.70. The smallest absolute Gasteiger partial charge is 0.0480 e. The number of hydrogen-bond donors (Lipinski definition) is 1. The monoisotopic (exact) mass is 195 g/mol. The van der Waals surface area contributed by atoms with Crippen LogP contribution in [0.2, 0.25) is 0 Å². The van der Waals surface area contributed by atoms with Gasteiger partial charge in [0, 0.05) is 25.3 Å². The lowest BCUT2D eigenvalue weighted by Gasteiger charge is -2.28. The molecule has 3 fully saturated rings. The van der Waals surface area contributed by atoms with Gasteiger partial charge in [-0.05, 0) is 50.4 Å².